The number of likely N-dealkylation sites (N-methyl/N-ethyl adjacent to an activating group) is 1. The lowest BCUT2D eigenvalue weighted by molar-refractivity contribution is -0.384. The second-order valence-corrected chi connectivity index (χ2v) is 5.04. The molecule has 0 aliphatic carbocycles. The average molecular weight is 279 g/mol. The molecule has 0 bridgehead atoms. The maximum Gasteiger partial charge on any atom is 0.335 e. The van der Waals surface area contributed by atoms with E-state index in [0.29, 0.717) is 0 Å². The van der Waals surface area contributed by atoms with E-state index in [4.69, 9.17) is 5.11 Å². The zero-order chi connectivity index (χ0) is 14.7. The molecule has 108 valence electrons. The van der Waals surface area contributed by atoms with Crippen molar-refractivity contribution in [2.45, 2.75) is 18.9 Å². The molecule has 0 amide bonds. The highest BCUT2D eigenvalue weighted by Gasteiger charge is 2.22. The quantitative estimate of drug-likeness (QED) is 0.644. The average Bonchev–Trinajstić information content (AvgIpc) is 2.38. The van der Waals surface area contributed by atoms with E-state index < -0.39 is 10.9 Å². The summed E-state index contributed by atoms with van der Waals surface area (Å²) in [4.78, 5) is 23.6. The molecule has 1 aliphatic heterocycles. The number of nitrogens with one attached hydrogen (secondary N) is 1. The first kappa shape index (κ1) is 14.3. The van der Waals surface area contributed by atoms with Gasteiger partial charge in [0.1, 0.15) is 5.69 Å². The number of aromatic carboxylic acids is 1. The van der Waals surface area contributed by atoms with Crippen LogP contribution in [0.2, 0.25) is 0 Å². The number of piperidine rings is 1. The van der Waals surface area contributed by atoms with Gasteiger partial charge in [-0.15, -0.1) is 0 Å². The minimum absolute atomic E-state index is 0.0438. The van der Waals surface area contributed by atoms with E-state index in [2.05, 4.69) is 10.2 Å². The van der Waals surface area contributed by atoms with Crippen molar-refractivity contribution in [2.24, 2.45) is 0 Å². The summed E-state index contributed by atoms with van der Waals surface area (Å²) < 4.78 is 0. The van der Waals surface area contributed by atoms with Gasteiger partial charge >= 0.3 is 5.97 Å². The molecule has 2 rings (SSSR count). The summed E-state index contributed by atoms with van der Waals surface area (Å²) in [7, 11) is 2.00. The number of rotatable bonds is 4. The van der Waals surface area contributed by atoms with E-state index in [-0.39, 0.29) is 23.0 Å². The van der Waals surface area contributed by atoms with Crippen LogP contribution in [0.4, 0.5) is 11.4 Å². The zero-order valence-corrected chi connectivity index (χ0v) is 11.2. The molecule has 7 nitrogen and oxygen atoms in total. The zero-order valence-electron chi connectivity index (χ0n) is 11.2. The molecule has 2 N–H and O–H groups in total. The second-order valence-electron chi connectivity index (χ2n) is 5.04. The Bertz CT molecular complexity index is 532. The monoisotopic (exact) mass is 279 g/mol. The highest BCUT2D eigenvalue weighted by Crippen LogP contribution is 2.27. The lowest BCUT2D eigenvalue weighted by Crippen LogP contribution is -2.39. The van der Waals surface area contributed by atoms with Gasteiger partial charge < -0.3 is 15.3 Å². The minimum Gasteiger partial charge on any atom is -0.478 e. The number of nitrogens with zero attached hydrogens (tertiary/aromatic N) is 2. The van der Waals surface area contributed by atoms with E-state index in [1.54, 1.807) is 0 Å². The van der Waals surface area contributed by atoms with Crippen molar-refractivity contribution in [2.75, 3.05) is 25.5 Å². The molecular formula is C13H17N3O4. The van der Waals surface area contributed by atoms with Gasteiger partial charge in [0.25, 0.3) is 5.69 Å². The third kappa shape index (κ3) is 3.24. The predicted molar refractivity (Wildman–Crippen MR) is 74.2 cm³/mol. The van der Waals surface area contributed by atoms with Crippen LogP contribution >= 0.6 is 0 Å². The molecule has 1 fully saturated rings. The summed E-state index contributed by atoms with van der Waals surface area (Å²) in [5.41, 5.74) is 0.223. The van der Waals surface area contributed by atoms with Crippen molar-refractivity contribution in [1.29, 1.82) is 0 Å². The van der Waals surface area contributed by atoms with Crippen molar-refractivity contribution >= 4 is 17.3 Å². The number of anilines is 1. The molecule has 1 aromatic rings. The predicted octanol–water partition coefficient (Wildman–Crippen LogP) is 1.80. The summed E-state index contributed by atoms with van der Waals surface area (Å²) in [5, 5.41) is 23.1. The maximum atomic E-state index is 11.0. The molecule has 0 aromatic heterocycles. The first-order chi connectivity index (χ1) is 9.47. The van der Waals surface area contributed by atoms with E-state index in [1.165, 1.54) is 18.2 Å². The number of likely N-dealkylation sites (tertiary alicyclic amines) is 1. The SMILES string of the molecule is CN1CCCC(Nc2cc(C(=O)O)ccc2[N+](=O)[O-])C1. The first-order valence-corrected chi connectivity index (χ1v) is 6.44. The number of hydrogen-bond donors (Lipinski definition) is 2. The van der Waals surface area contributed by atoms with E-state index in [1.807, 2.05) is 7.05 Å². The summed E-state index contributed by atoms with van der Waals surface area (Å²) in [5.74, 6) is -1.09. The van der Waals surface area contributed by atoms with Gasteiger partial charge in [0.05, 0.1) is 10.5 Å². The minimum atomic E-state index is -1.09. The molecule has 0 spiro atoms. The molecule has 0 saturated carbocycles. The molecule has 1 atom stereocenters. The normalized spacial score (nSPS) is 19.6. The Balaban J connectivity index is 2.25. The van der Waals surface area contributed by atoms with Crippen LogP contribution in [0.5, 0.6) is 0 Å². The summed E-state index contributed by atoms with van der Waals surface area (Å²) in [6, 6.07) is 3.91. The van der Waals surface area contributed by atoms with Crippen LogP contribution in [-0.4, -0.2) is 47.1 Å². The van der Waals surface area contributed by atoms with Crippen LogP contribution in [0.1, 0.15) is 23.2 Å². The van der Waals surface area contributed by atoms with Gasteiger partial charge in [-0.1, -0.05) is 0 Å². The van der Waals surface area contributed by atoms with E-state index in [9.17, 15) is 14.9 Å². The van der Waals surface area contributed by atoms with Crippen LogP contribution in [0.15, 0.2) is 18.2 Å². The van der Waals surface area contributed by atoms with Gasteiger partial charge in [-0.05, 0) is 38.6 Å². The van der Waals surface area contributed by atoms with Crippen molar-refractivity contribution in [1.82, 2.24) is 4.90 Å². The first-order valence-electron chi connectivity index (χ1n) is 6.44. The van der Waals surface area contributed by atoms with Gasteiger partial charge in [-0.25, -0.2) is 4.79 Å². The number of carbonyl (C=O) groups is 1. The smallest absolute Gasteiger partial charge is 0.335 e. The number of carboxylic acid groups (broad SMARTS) is 1. The molecular weight excluding hydrogens is 262 g/mol. The second kappa shape index (κ2) is 5.87. The van der Waals surface area contributed by atoms with E-state index >= 15 is 0 Å². The molecule has 1 unspecified atom stereocenters. The highest BCUT2D eigenvalue weighted by atomic mass is 16.6. The summed E-state index contributed by atoms with van der Waals surface area (Å²) in [6.07, 6.45) is 1.93. The number of hydrogen-bond acceptors (Lipinski definition) is 5. The van der Waals surface area contributed by atoms with Crippen LogP contribution in [0, 0.1) is 10.1 Å². The van der Waals surface area contributed by atoms with Crippen molar-refractivity contribution in [3.8, 4) is 0 Å². The van der Waals surface area contributed by atoms with Gasteiger partial charge in [0.2, 0.25) is 0 Å². The van der Waals surface area contributed by atoms with Crippen LogP contribution in [-0.2, 0) is 0 Å². The number of nitro groups is 1. The fourth-order valence-corrected chi connectivity index (χ4v) is 2.45. The standard InChI is InChI=1S/C13H17N3O4/c1-15-6-2-3-10(8-15)14-11-7-9(13(17)18)4-5-12(11)16(19)20/h4-5,7,10,14H,2-3,6,8H2,1H3,(H,17,18). The lowest BCUT2D eigenvalue weighted by Gasteiger charge is -2.30. The Morgan fingerprint density at radius 2 is 2.30 bits per heavy atom. The van der Waals surface area contributed by atoms with Crippen LogP contribution < -0.4 is 5.32 Å². The molecule has 1 heterocycles. The Morgan fingerprint density at radius 3 is 2.90 bits per heavy atom. The van der Waals surface area contributed by atoms with Gasteiger partial charge in [0, 0.05) is 18.7 Å². The molecule has 1 aromatic carbocycles. The van der Waals surface area contributed by atoms with Gasteiger partial charge in [-0.2, -0.15) is 0 Å². The number of benzene rings is 1. The van der Waals surface area contributed by atoms with Crippen LogP contribution in [0.25, 0.3) is 0 Å². The summed E-state index contributed by atoms with van der Waals surface area (Å²) in [6.45, 7) is 1.80. The van der Waals surface area contributed by atoms with Crippen LogP contribution in [0.3, 0.4) is 0 Å². The topological polar surface area (TPSA) is 95.7 Å². The fourth-order valence-electron chi connectivity index (χ4n) is 2.45. The highest BCUT2D eigenvalue weighted by molar-refractivity contribution is 5.90. The van der Waals surface area contributed by atoms with Crippen molar-refractivity contribution in [3.05, 3.63) is 33.9 Å². The Labute approximate surface area is 116 Å². The number of carboxylic acids is 1. The van der Waals surface area contributed by atoms with Crippen molar-refractivity contribution < 1.29 is 14.8 Å². The Hall–Kier alpha value is -2.15. The summed E-state index contributed by atoms with van der Waals surface area (Å²) >= 11 is 0. The Morgan fingerprint density at radius 1 is 1.55 bits per heavy atom. The number of nitro benzene ring substituents is 1. The molecule has 1 saturated heterocycles. The maximum absolute atomic E-state index is 11.0. The fraction of sp³-hybridized carbons (Fsp3) is 0.462. The Kier molecular flexibility index (Phi) is 4.19. The van der Waals surface area contributed by atoms with Gasteiger partial charge in [-0.3, -0.25) is 10.1 Å². The van der Waals surface area contributed by atoms with Gasteiger partial charge in [0.15, 0.2) is 0 Å². The molecule has 20 heavy (non-hydrogen) atoms. The lowest BCUT2D eigenvalue weighted by atomic mass is 10.1. The van der Waals surface area contributed by atoms with Crippen molar-refractivity contribution in [3.63, 3.8) is 0 Å². The largest absolute Gasteiger partial charge is 0.478 e. The molecule has 7 heteroatoms. The third-order valence-electron chi connectivity index (χ3n) is 3.42. The molecule has 1 aliphatic rings. The molecule has 0 radical (unpaired) electrons. The van der Waals surface area contributed by atoms with E-state index in [0.717, 1.165) is 25.9 Å². The third-order valence-corrected chi connectivity index (χ3v) is 3.42.